The summed E-state index contributed by atoms with van der Waals surface area (Å²) in [6, 6.07) is 25.9. The lowest BCUT2D eigenvalue weighted by Crippen LogP contribution is -2.01. The minimum atomic E-state index is -0.664. The fourth-order valence-corrected chi connectivity index (χ4v) is 3.87. The van der Waals surface area contributed by atoms with Crippen LogP contribution >= 0.6 is 11.3 Å². The summed E-state index contributed by atoms with van der Waals surface area (Å²) in [5.74, 6) is 0.763. The summed E-state index contributed by atoms with van der Waals surface area (Å²) in [5.41, 5.74) is 2.90. The highest BCUT2D eigenvalue weighted by Crippen LogP contribution is 2.33. The molecule has 1 heterocycles. The van der Waals surface area contributed by atoms with E-state index in [1.165, 1.54) is 0 Å². The maximum atomic E-state index is 10.9. The van der Waals surface area contributed by atoms with Gasteiger partial charge in [0.25, 0.3) is 0 Å². The van der Waals surface area contributed by atoms with Gasteiger partial charge >= 0.3 is 0 Å². The van der Waals surface area contributed by atoms with Crippen LogP contribution in [0.1, 0.15) is 22.8 Å². The third-order valence-corrected chi connectivity index (χ3v) is 5.21. The third kappa shape index (κ3) is 3.43. The number of aliphatic hydroxyl groups excluding tert-OH is 1. The molecule has 0 aliphatic carbocycles. The molecule has 124 valence electrons. The highest BCUT2D eigenvalue weighted by Gasteiger charge is 2.15. The summed E-state index contributed by atoms with van der Waals surface area (Å²) in [5, 5.41) is 14.1. The van der Waals surface area contributed by atoms with E-state index in [1.807, 2.05) is 66.7 Å². The zero-order chi connectivity index (χ0) is 17.1. The Morgan fingerprint density at radius 2 is 1.72 bits per heavy atom. The fourth-order valence-electron chi connectivity index (χ4n) is 2.93. The van der Waals surface area contributed by atoms with Crippen LogP contribution < -0.4 is 4.74 Å². The summed E-state index contributed by atoms with van der Waals surface area (Å²) < 4.78 is 7.01. The van der Waals surface area contributed by atoms with Crippen molar-refractivity contribution in [1.29, 1.82) is 0 Å². The van der Waals surface area contributed by atoms with Crippen molar-refractivity contribution >= 4 is 21.4 Å². The summed E-state index contributed by atoms with van der Waals surface area (Å²) in [6.07, 6.45) is -0.664. The van der Waals surface area contributed by atoms with Crippen LogP contribution in [0.25, 0.3) is 10.1 Å². The molecule has 0 bridgehead atoms. The molecule has 1 aromatic heterocycles. The number of rotatable bonds is 5. The van der Waals surface area contributed by atoms with Gasteiger partial charge < -0.3 is 9.84 Å². The molecule has 0 fully saturated rings. The van der Waals surface area contributed by atoms with Crippen LogP contribution in [0.2, 0.25) is 0 Å². The summed E-state index contributed by atoms with van der Waals surface area (Å²) in [6.45, 7) is 0.515. The van der Waals surface area contributed by atoms with Gasteiger partial charge in [-0.05, 0) is 40.1 Å². The summed E-state index contributed by atoms with van der Waals surface area (Å²) >= 11 is 1.66. The molecule has 1 N–H and O–H groups in total. The Morgan fingerprint density at radius 1 is 0.880 bits per heavy atom. The predicted molar refractivity (Wildman–Crippen MR) is 103 cm³/mol. The number of aliphatic hydroxyl groups is 1. The van der Waals surface area contributed by atoms with Crippen LogP contribution in [-0.2, 0) is 6.61 Å². The first-order valence-corrected chi connectivity index (χ1v) is 9.10. The van der Waals surface area contributed by atoms with Gasteiger partial charge in [-0.25, -0.2) is 0 Å². The van der Waals surface area contributed by atoms with Crippen molar-refractivity contribution < 1.29 is 9.84 Å². The summed E-state index contributed by atoms with van der Waals surface area (Å²) in [7, 11) is 0. The quantitative estimate of drug-likeness (QED) is 0.512. The SMILES string of the molecule is OC(c1cccc(OCc2ccccc2)c1)c1cccc2ccsc12. The van der Waals surface area contributed by atoms with Gasteiger partial charge in [-0.1, -0.05) is 60.7 Å². The van der Waals surface area contributed by atoms with E-state index in [4.69, 9.17) is 4.74 Å². The lowest BCUT2D eigenvalue weighted by atomic mass is 10.0. The van der Waals surface area contributed by atoms with Crippen molar-refractivity contribution in [1.82, 2.24) is 0 Å². The van der Waals surface area contributed by atoms with E-state index in [-0.39, 0.29) is 0 Å². The Kier molecular flexibility index (Phi) is 4.51. The molecular weight excluding hydrogens is 328 g/mol. The topological polar surface area (TPSA) is 29.5 Å². The average Bonchev–Trinajstić information content (AvgIpc) is 3.16. The zero-order valence-electron chi connectivity index (χ0n) is 13.6. The van der Waals surface area contributed by atoms with E-state index in [0.29, 0.717) is 6.61 Å². The maximum absolute atomic E-state index is 10.9. The molecule has 0 spiro atoms. The molecule has 0 aliphatic heterocycles. The van der Waals surface area contributed by atoms with Crippen LogP contribution in [0.3, 0.4) is 0 Å². The van der Waals surface area contributed by atoms with Gasteiger partial charge in [0.1, 0.15) is 18.5 Å². The largest absolute Gasteiger partial charge is 0.489 e. The van der Waals surface area contributed by atoms with Crippen molar-refractivity contribution in [3.63, 3.8) is 0 Å². The lowest BCUT2D eigenvalue weighted by molar-refractivity contribution is 0.221. The maximum Gasteiger partial charge on any atom is 0.120 e. The van der Waals surface area contributed by atoms with Crippen molar-refractivity contribution in [2.75, 3.05) is 0 Å². The lowest BCUT2D eigenvalue weighted by Gasteiger charge is -2.14. The van der Waals surface area contributed by atoms with Crippen LogP contribution in [0.4, 0.5) is 0 Å². The number of hydrogen-bond acceptors (Lipinski definition) is 3. The Labute approximate surface area is 151 Å². The van der Waals surface area contributed by atoms with Gasteiger partial charge in [-0.15, -0.1) is 11.3 Å². The normalized spacial score (nSPS) is 12.2. The third-order valence-electron chi connectivity index (χ3n) is 4.23. The van der Waals surface area contributed by atoms with Crippen molar-refractivity contribution in [2.24, 2.45) is 0 Å². The van der Waals surface area contributed by atoms with Gasteiger partial charge in [-0.3, -0.25) is 0 Å². The molecular formula is C22H18O2S. The number of fused-ring (bicyclic) bond motifs is 1. The molecule has 1 unspecified atom stereocenters. The van der Waals surface area contributed by atoms with Gasteiger partial charge in [-0.2, -0.15) is 0 Å². The van der Waals surface area contributed by atoms with Gasteiger partial charge in [0.15, 0.2) is 0 Å². The molecule has 0 saturated carbocycles. The van der Waals surface area contributed by atoms with Crippen LogP contribution in [-0.4, -0.2) is 5.11 Å². The number of hydrogen-bond donors (Lipinski definition) is 1. The summed E-state index contributed by atoms with van der Waals surface area (Å²) in [4.78, 5) is 0. The van der Waals surface area contributed by atoms with E-state index in [1.54, 1.807) is 11.3 Å². The van der Waals surface area contributed by atoms with E-state index in [0.717, 1.165) is 32.5 Å². The second kappa shape index (κ2) is 7.09. The number of benzene rings is 3. The van der Waals surface area contributed by atoms with E-state index in [9.17, 15) is 5.11 Å². The molecule has 3 aromatic carbocycles. The Hall–Kier alpha value is -2.62. The van der Waals surface area contributed by atoms with Crippen LogP contribution in [0.5, 0.6) is 5.75 Å². The van der Waals surface area contributed by atoms with Gasteiger partial charge in [0.05, 0.1) is 0 Å². The van der Waals surface area contributed by atoms with Crippen LogP contribution in [0.15, 0.2) is 84.2 Å². The first-order valence-electron chi connectivity index (χ1n) is 8.22. The first-order chi connectivity index (χ1) is 12.3. The number of ether oxygens (including phenoxy) is 1. The highest BCUT2D eigenvalue weighted by molar-refractivity contribution is 7.17. The van der Waals surface area contributed by atoms with Crippen molar-refractivity contribution in [3.8, 4) is 5.75 Å². The second-order valence-corrected chi connectivity index (χ2v) is 6.85. The fraction of sp³-hybridized carbons (Fsp3) is 0.0909. The minimum absolute atomic E-state index is 0.515. The van der Waals surface area contributed by atoms with Crippen LogP contribution in [0, 0.1) is 0 Å². The molecule has 0 amide bonds. The molecule has 0 radical (unpaired) electrons. The molecule has 3 heteroatoms. The monoisotopic (exact) mass is 346 g/mol. The molecule has 0 aliphatic rings. The van der Waals surface area contributed by atoms with E-state index >= 15 is 0 Å². The highest BCUT2D eigenvalue weighted by atomic mass is 32.1. The zero-order valence-corrected chi connectivity index (χ0v) is 14.4. The molecule has 2 nitrogen and oxygen atoms in total. The Morgan fingerprint density at radius 3 is 2.60 bits per heavy atom. The molecule has 1 atom stereocenters. The molecule has 4 aromatic rings. The smallest absolute Gasteiger partial charge is 0.120 e. The molecule has 25 heavy (non-hydrogen) atoms. The minimum Gasteiger partial charge on any atom is -0.489 e. The van der Waals surface area contributed by atoms with Crippen molar-refractivity contribution in [3.05, 3.63) is 101 Å². The number of thiophene rings is 1. The first kappa shape index (κ1) is 15.9. The predicted octanol–water partition coefficient (Wildman–Crippen LogP) is 5.56. The van der Waals surface area contributed by atoms with Gasteiger partial charge in [0.2, 0.25) is 0 Å². The molecule has 4 rings (SSSR count). The molecule has 0 saturated heterocycles. The average molecular weight is 346 g/mol. The van der Waals surface area contributed by atoms with E-state index < -0.39 is 6.10 Å². The van der Waals surface area contributed by atoms with Gasteiger partial charge in [0, 0.05) is 10.3 Å². The Balaban J connectivity index is 1.57. The Bertz CT molecular complexity index is 975. The standard InChI is InChI=1S/C22H18O2S/c23-21(20-11-5-8-17-12-13-25-22(17)20)18-9-4-10-19(14-18)24-15-16-6-2-1-3-7-16/h1-14,21,23H,15H2. The van der Waals surface area contributed by atoms with E-state index in [2.05, 4.69) is 17.5 Å². The second-order valence-electron chi connectivity index (χ2n) is 5.94. The van der Waals surface area contributed by atoms with Crippen molar-refractivity contribution in [2.45, 2.75) is 12.7 Å².